The van der Waals surface area contributed by atoms with Gasteiger partial charge in [-0.25, -0.2) is 0 Å². The molecular weight excluding hydrogens is 463 g/mol. The second-order valence-corrected chi connectivity index (χ2v) is 8.30. The Balaban J connectivity index is 1.40. The monoisotopic (exact) mass is 480 g/mol. The molecule has 0 bridgehead atoms. The molecule has 1 aromatic carbocycles. The van der Waals surface area contributed by atoms with Crippen LogP contribution in [-0.4, -0.2) is 37.1 Å². The standard InChI is InChI=1S/C22H17F5N4O3/c23-18(24)20-30-29-19(34-20)11-3-4-13-9-31(21(33)14(13)7-11)16(10-1-2-10)17(32)12-5-6-15(28-8-12)22(25,26)27/h3-8,10,16-18,32H,1-2,9H2/t16-,17+/m1/s1. The zero-order chi connectivity index (χ0) is 24.2. The van der Waals surface area contributed by atoms with E-state index >= 15 is 0 Å². The summed E-state index contributed by atoms with van der Waals surface area (Å²) in [5, 5.41) is 17.9. The van der Waals surface area contributed by atoms with Gasteiger partial charge >= 0.3 is 12.6 Å². The van der Waals surface area contributed by atoms with Crippen molar-refractivity contribution < 1.29 is 36.3 Å². The number of alkyl halides is 5. The van der Waals surface area contributed by atoms with Crippen LogP contribution in [0.2, 0.25) is 0 Å². The quantitative estimate of drug-likeness (QED) is 0.521. The van der Waals surface area contributed by atoms with Crippen molar-refractivity contribution in [2.75, 3.05) is 0 Å². The number of pyridine rings is 1. The van der Waals surface area contributed by atoms with Crippen molar-refractivity contribution in [1.29, 1.82) is 0 Å². The smallest absolute Gasteiger partial charge is 0.415 e. The Morgan fingerprint density at radius 2 is 1.88 bits per heavy atom. The van der Waals surface area contributed by atoms with E-state index in [1.165, 1.54) is 11.0 Å². The fourth-order valence-electron chi connectivity index (χ4n) is 4.20. The predicted molar refractivity (Wildman–Crippen MR) is 105 cm³/mol. The van der Waals surface area contributed by atoms with Gasteiger partial charge in [-0.15, -0.1) is 10.2 Å². The summed E-state index contributed by atoms with van der Waals surface area (Å²) in [7, 11) is 0. The highest BCUT2D eigenvalue weighted by Crippen LogP contribution is 2.44. The number of hydrogen-bond donors (Lipinski definition) is 1. The summed E-state index contributed by atoms with van der Waals surface area (Å²) < 4.78 is 69.0. The maximum Gasteiger partial charge on any atom is 0.433 e. The van der Waals surface area contributed by atoms with E-state index < -0.39 is 36.3 Å². The van der Waals surface area contributed by atoms with Gasteiger partial charge < -0.3 is 14.4 Å². The Morgan fingerprint density at radius 1 is 1.12 bits per heavy atom. The molecule has 0 spiro atoms. The van der Waals surface area contributed by atoms with Crippen LogP contribution in [-0.2, 0) is 12.7 Å². The minimum atomic E-state index is -4.60. The van der Waals surface area contributed by atoms with Crippen molar-refractivity contribution in [3.8, 4) is 11.5 Å². The van der Waals surface area contributed by atoms with Crippen LogP contribution < -0.4 is 0 Å². The average molecular weight is 480 g/mol. The van der Waals surface area contributed by atoms with Gasteiger partial charge in [0.2, 0.25) is 5.89 Å². The van der Waals surface area contributed by atoms with E-state index in [1.807, 2.05) is 0 Å². The molecule has 1 saturated carbocycles. The Bertz CT molecular complexity index is 1220. The van der Waals surface area contributed by atoms with Crippen molar-refractivity contribution >= 4 is 5.91 Å². The van der Waals surface area contributed by atoms with Gasteiger partial charge in [-0.1, -0.05) is 12.1 Å². The number of carbonyl (C=O) groups is 1. The number of fused-ring (bicyclic) bond motifs is 1. The molecule has 1 aliphatic heterocycles. The molecule has 12 heteroatoms. The fourth-order valence-corrected chi connectivity index (χ4v) is 4.20. The summed E-state index contributed by atoms with van der Waals surface area (Å²) in [6.07, 6.45) is -6.25. The number of carbonyl (C=O) groups excluding carboxylic acids is 1. The number of hydrogen-bond acceptors (Lipinski definition) is 6. The second kappa shape index (κ2) is 8.12. The van der Waals surface area contributed by atoms with Crippen LogP contribution in [0.15, 0.2) is 40.9 Å². The highest BCUT2D eigenvalue weighted by Gasteiger charge is 2.45. The first-order chi connectivity index (χ1) is 16.1. The molecule has 1 fully saturated rings. The molecule has 1 N–H and O–H groups in total. The highest BCUT2D eigenvalue weighted by atomic mass is 19.4. The third kappa shape index (κ3) is 4.02. The maximum absolute atomic E-state index is 13.3. The molecule has 0 saturated heterocycles. The van der Waals surface area contributed by atoms with E-state index in [9.17, 15) is 31.9 Å². The Morgan fingerprint density at radius 3 is 2.47 bits per heavy atom. The molecule has 2 aromatic heterocycles. The van der Waals surface area contributed by atoms with Crippen LogP contribution in [0, 0.1) is 5.92 Å². The molecule has 34 heavy (non-hydrogen) atoms. The molecule has 178 valence electrons. The summed E-state index contributed by atoms with van der Waals surface area (Å²) in [5.74, 6) is -1.38. The third-order valence-corrected chi connectivity index (χ3v) is 6.02. The van der Waals surface area contributed by atoms with Crippen LogP contribution in [0.4, 0.5) is 22.0 Å². The first-order valence-electron chi connectivity index (χ1n) is 10.4. The Hall–Kier alpha value is -3.41. The molecule has 2 atom stereocenters. The summed E-state index contributed by atoms with van der Waals surface area (Å²) >= 11 is 0. The second-order valence-electron chi connectivity index (χ2n) is 8.30. The molecule has 1 amide bonds. The van der Waals surface area contributed by atoms with Crippen molar-refractivity contribution in [1.82, 2.24) is 20.1 Å². The zero-order valence-corrected chi connectivity index (χ0v) is 17.3. The lowest BCUT2D eigenvalue weighted by atomic mass is 9.98. The summed E-state index contributed by atoms with van der Waals surface area (Å²) in [6, 6.07) is 5.99. The number of halogens is 5. The minimum Gasteiger partial charge on any atom is -0.415 e. The lowest BCUT2D eigenvalue weighted by Crippen LogP contribution is -2.41. The van der Waals surface area contributed by atoms with Crippen LogP contribution in [0.25, 0.3) is 11.5 Å². The molecule has 0 unspecified atom stereocenters. The number of aliphatic hydroxyl groups is 1. The van der Waals surface area contributed by atoms with Gasteiger partial charge in [0.1, 0.15) is 11.8 Å². The van der Waals surface area contributed by atoms with E-state index in [4.69, 9.17) is 4.42 Å². The zero-order valence-electron chi connectivity index (χ0n) is 17.3. The van der Waals surface area contributed by atoms with Crippen LogP contribution in [0.5, 0.6) is 0 Å². The largest absolute Gasteiger partial charge is 0.433 e. The van der Waals surface area contributed by atoms with E-state index in [-0.39, 0.29) is 29.8 Å². The van der Waals surface area contributed by atoms with Crippen molar-refractivity contribution in [3.63, 3.8) is 0 Å². The van der Waals surface area contributed by atoms with Crippen molar-refractivity contribution in [2.24, 2.45) is 5.92 Å². The van der Waals surface area contributed by atoms with Crippen LogP contribution >= 0.6 is 0 Å². The van der Waals surface area contributed by atoms with E-state index in [0.717, 1.165) is 31.2 Å². The average Bonchev–Trinajstić information content (AvgIpc) is 3.41. The number of aliphatic hydroxyl groups excluding tert-OH is 1. The topological polar surface area (TPSA) is 92.4 Å². The van der Waals surface area contributed by atoms with Gasteiger partial charge in [0.15, 0.2) is 0 Å². The number of rotatable bonds is 6. The molecule has 2 aliphatic rings. The van der Waals surface area contributed by atoms with E-state index in [2.05, 4.69) is 15.2 Å². The molecule has 7 nitrogen and oxygen atoms in total. The first kappa shape index (κ1) is 22.4. The van der Waals surface area contributed by atoms with E-state index in [1.54, 1.807) is 12.1 Å². The predicted octanol–water partition coefficient (Wildman–Crippen LogP) is 4.56. The van der Waals surface area contributed by atoms with Crippen LogP contribution in [0.3, 0.4) is 0 Å². The first-order valence-corrected chi connectivity index (χ1v) is 10.4. The van der Waals surface area contributed by atoms with Gasteiger partial charge in [0.25, 0.3) is 11.8 Å². The number of amides is 1. The summed E-state index contributed by atoms with van der Waals surface area (Å²) in [4.78, 5) is 18.2. The molecule has 3 heterocycles. The third-order valence-electron chi connectivity index (χ3n) is 6.02. The summed E-state index contributed by atoms with van der Waals surface area (Å²) in [6.45, 7) is 0.187. The van der Waals surface area contributed by atoms with Gasteiger partial charge in [-0.3, -0.25) is 9.78 Å². The fraction of sp³-hybridized carbons (Fsp3) is 0.364. The Labute approximate surface area is 189 Å². The van der Waals surface area contributed by atoms with E-state index in [0.29, 0.717) is 16.7 Å². The van der Waals surface area contributed by atoms with Crippen LogP contribution in [0.1, 0.15) is 58.4 Å². The Kier molecular flexibility index (Phi) is 5.34. The van der Waals surface area contributed by atoms with Crippen molar-refractivity contribution in [3.05, 3.63) is 64.8 Å². The SMILES string of the molecule is O=C1c2cc(-c3nnc(C(F)F)o3)ccc2CN1[C@H](C1CC1)[C@@H](O)c1ccc(C(F)(F)F)nc1. The normalized spacial score (nSPS) is 17.9. The van der Waals surface area contributed by atoms with Gasteiger partial charge in [-0.2, -0.15) is 22.0 Å². The minimum absolute atomic E-state index is 0.0143. The maximum atomic E-state index is 13.3. The van der Waals surface area contributed by atoms with Gasteiger partial charge in [0.05, 0.1) is 6.04 Å². The molecule has 3 aromatic rings. The number of benzene rings is 1. The number of nitrogens with zero attached hydrogens (tertiary/aromatic N) is 4. The highest BCUT2D eigenvalue weighted by molar-refractivity contribution is 5.99. The van der Waals surface area contributed by atoms with Gasteiger partial charge in [-0.05, 0) is 42.5 Å². The lowest BCUT2D eigenvalue weighted by Gasteiger charge is -2.32. The lowest BCUT2D eigenvalue weighted by molar-refractivity contribution is -0.141. The molecule has 1 aliphatic carbocycles. The molecule has 0 radical (unpaired) electrons. The van der Waals surface area contributed by atoms with Crippen molar-refractivity contribution in [2.45, 2.75) is 44.1 Å². The van der Waals surface area contributed by atoms with Gasteiger partial charge in [0, 0.05) is 29.4 Å². The molecule has 5 rings (SSSR count). The molecular formula is C22H17F5N4O3. The summed E-state index contributed by atoms with van der Waals surface area (Å²) in [5.41, 5.74) is 0.367. The number of aromatic nitrogens is 3.